The fraction of sp³-hybridized carbons (Fsp3) is 0.545. The van der Waals surface area contributed by atoms with Crippen molar-refractivity contribution in [1.82, 2.24) is 0 Å². The summed E-state index contributed by atoms with van der Waals surface area (Å²) in [6.07, 6.45) is 0.933. The van der Waals surface area contributed by atoms with Crippen molar-refractivity contribution in [3.63, 3.8) is 0 Å². The Balaban J connectivity index is 3.96. The van der Waals surface area contributed by atoms with E-state index in [1.54, 1.807) is 13.0 Å². The van der Waals surface area contributed by atoms with E-state index >= 15 is 0 Å². The molecule has 0 aliphatic heterocycles. The van der Waals surface area contributed by atoms with Crippen LogP contribution in [0.2, 0.25) is 0 Å². The molecule has 15 heavy (non-hydrogen) atoms. The van der Waals surface area contributed by atoms with Crippen LogP contribution in [0.1, 0.15) is 13.8 Å². The first-order chi connectivity index (χ1) is 7.11. The summed E-state index contributed by atoms with van der Waals surface area (Å²) in [4.78, 5) is 11.2. The van der Waals surface area contributed by atoms with E-state index < -0.39 is 12.3 Å². The maximum atomic E-state index is 11.2. The fourth-order valence-electron chi connectivity index (χ4n) is 0.770. The second-order valence-corrected chi connectivity index (χ2v) is 2.90. The van der Waals surface area contributed by atoms with Crippen LogP contribution < -0.4 is 0 Å². The van der Waals surface area contributed by atoms with Gasteiger partial charge in [0.15, 0.2) is 0 Å². The highest BCUT2D eigenvalue weighted by Crippen LogP contribution is 2.01. The first-order valence-corrected chi connectivity index (χ1v) is 4.78. The minimum Gasteiger partial charge on any atom is -0.430 e. The van der Waals surface area contributed by atoms with Crippen LogP contribution in [0.4, 0.5) is 0 Å². The number of hydrogen-bond acceptors (Lipinski definition) is 4. The third-order valence-electron chi connectivity index (χ3n) is 1.43. The summed E-state index contributed by atoms with van der Waals surface area (Å²) < 4.78 is 15.3. The van der Waals surface area contributed by atoms with Crippen LogP contribution in [0.5, 0.6) is 0 Å². The number of rotatable bonds is 8. The fourth-order valence-corrected chi connectivity index (χ4v) is 0.770. The summed E-state index contributed by atoms with van der Waals surface area (Å²) in [6, 6.07) is 0. The first-order valence-electron chi connectivity index (χ1n) is 4.78. The van der Waals surface area contributed by atoms with Gasteiger partial charge >= 0.3 is 5.97 Å². The smallest absolute Gasteiger partial charge is 0.335 e. The molecule has 0 fully saturated rings. The standard InChI is InChI=1S/C11H18O4/c1-5-7-13-8-10(14-6-2)15-11(12)9(3)4/h5,10H,1,3,6-8H2,2,4H3. The molecule has 0 aromatic heterocycles. The van der Waals surface area contributed by atoms with Crippen molar-refractivity contribution in [2.75, 3.05) is 19.8 Å². The van der Waals surface area contributed by atoms with Crippen molar-refractivity contribution in [2.45, 2.75) is 20.1 Å². The molecule has 4 nitrogen and oxygen atoms in total. The van der Waals surface area contributed by atoms with E-state index in [1.165, 1.54) is 0 Å². The molecule has 0 amide bonds. The summed E-state index contributed by atoms with van der Waals surface area (Å²) in [5.41, 5.74) is 0.337. The molecule has 0 N–H and O–H groups in total. The van der Waals surface area contributed by atoms with Gasteiger partial charge in [0, 0.05) is 12.2 Å². The number of carbonyl (C=O) groups is 1. The highest BCUT2D eigenvalue weighted by atomic mass is 16.7. The van der Waals surface area contributed by atoms with Gasteiger partial charge in [0.1, 0.15) is 6.61 Å². The van der Waals surface area contributed by atoms with Crippen molar-refractivity contribution >= 4 is 5.97 Å². The lowest BCUT2D eigenvalue weighted by atomic mass is 10.4. The summed E-state index contributed by atoms with van der Waals surface area (Å²) in [5.74, 6) is -0.476. The predicted molar refractivity (Wildman–Crippen MR) is 57.3 cm³/mol. The van der Waals surface area contributed by atoms with Gasteiger partial charge in [-0.1, -0.05) is 12.7 Å². The molecule has 0 aromatic carbocycles. The summed E-state index contributed by atoms with van der Waals surface area (Å²) in [5, 5.41) is 0. The van der Waals surface area contributed by atoms with Crippen LogP contribution in [0.25, 0.3) is 0 Å². The zero-order valence-corrected chi connectivity index (χ0v) is 9.32. The SMILES string of the molecule is C=CCOCC(OCC)OC(=O)C(=C)C. The number of carbonyl (C=O) groups excluding carboxylic acids is 1. The first kappa shape index (κ1) is 13.9. The second kappa shape index (κ2) is 8.20. The van der Waals surface area contributed by atoms with Gasteiger partial charge in [0.2, 0.25) is 6.29 Å². The molecule has 0 aromatic rings. The molecule has 0 radical (unpaired) electrons. The van der Waals surface area contributed by atoms with Crippen LogP contribution in [0, 0.1) is 0 Å². The van der Waals surface area contributed by atoms with E-state index in [-0.39, 0.29) is 6.61 Å². The molecule has 4 heteroatoms. The van der Waals surface area contributed by atoms with Crippen LogP contribution in [-0.4, -0.2) is 32.1 Å². The van der Waals surface area contributed by atoms with E-state index in [0.29, 0.717) is 18.8 Å². The highest BCUT2D eigenvalue weighted by Gasteiger charge is 2.14. The van der Waals surface area contributed by atoms with Gasteiger partial charge in [0.05, 0.1) is 6.61 Å². The van der Waals surface area contributed by atoms with Gasteiger partial charge in [-0.25, -0.2) is 4.79 Å². The second-order valence-electron chi connectivity index (χ2n) is 2.90. The van der Waals surface area contributed by atoms with Crippen LogP contribution >= 0.6 is 0 Å². The van der Waals surface area contributed by atoms with Gasteiger partial charge < -0.3 is 14.2 Å². The highest BCUT2D eigenvalue weighted by molar-refractivity contribution is 5.87. The number of esters is 1. The topological polar surface area (TPSA) is 44.8 Å². The Morgan fingerprint density at radius 2 is 2.20 bits per heavy atom. The minimum absolute atomic E-state index is 0.193. The van der Waals surface area contributed by atoms with Crippen LogP contribution in [0.15, 0.2) is 24.8 Å². The third kappa shape index (κ3) is 6.88. The van der Waals surface area contributed by atoms with E-state index in [9.17, 15) is 4.79 Å². The Labute approximate surface area is 90.5 Å². The van der Waals surface area contributed by atoms with Crippen molar-refractivity contribution in [3.8, 4) is 0 Å². The lowest BCUT2D eigenvalue weighted by Gasteiger charge is -2.17. The van der Waals surface area contributed by atoms with Gasteiger partial charge in [0.25, 0.3) is 0 Å². The average molecular weight is 214 g/mol. The lowest BCUT2D eigenvalue weighted by Crippen LogP contribution is -2.27. The molecule has 0 aliphatic carbocycles. The molecule has 0 heterocycles. The van der Waals surface area contributed by atoms with Crippen LogP contribution in [-0.2, 0) is 19.0 Å². The molecule has 0 bridgehead atoms. The van der Waals surface area contributed by atoms with E-state index in [2.05, 4.69) is 13.2 Å². The molecule has 0 saturated carbocycles. The maximum absolute atomic E-state index is 11.2. The molecular weight excluding hydrogens is 196 g/mol. The lowest BCUT2D eigenvalue weighted by molar-refractivity contribution is -0.184. The Morgan fingerprint density at radius 1 is 1.53 bits per heavy atom. The number of ether oxygens (including phenoxy) is 3. The van der Waals surface area contributed by atoms with Crippen molar-refractivity contribution in [1.29, 1.82) is 0 Å². The van der Waals surface area contributed by atoms with Gasteiger partial charge in [-0.3, -0.25) is 0 Å². The predicted octanol–water partition coefficient (Wildman–Crippen LogP) is 1.67. The minimum atomic E-state index is -0.681. The molecule has 0 rings (SSSR count). The maximum Gasteiger partial charge on any atom is 0.335 e. The molecule has 1 unspecified atom stereocenters. The zero-order chi connectivity index (χ0) is 11.7. The van der Waals surface area contributed by atoms with E-state index in [0.717, 1.165) is 0 Å². The Bertz CT molecular complexity index is 223. The van der Waals surface area contributed by atoms with E-state index in [1.807, 2.05) is 6.92 Å². The summed E-state index contributed by atoms with van der Waals surface area (Å²) in [6.45, 7) is 11.4. The molecule has 86 valence electrons. The number of hydrogen-bond donors (Lipinski definition) is 0. The Morgan fingerprint density at radius 3 is 2.67 bits per heavy atom. The van der Waals surface area contributed by atoms with Gasteiger partial charge in [-0.2, -0.15) is 0 Å². The average Bonchev–Trinajstić information content (AvgIpc) is 2.18. The largest absolute Gasteiger partial charge is 0.430 e. The normalized spacial score (nSPS) is 11.9. The summed E-state index contributed by atoms with van der Waals surface area (Å²) >= 11 is 0. The van der Waals surface area contributed by atoms with Crippen molar-refractivity contribution in [3.05, 3.63) is 24.8 Å². The molecular formula is C11H18O4. The Kier molecular flexibility index (Phi) is 7.58. The molecule has 0 spiro atoms. The molecule has 1 atom stereocenters. The van der Waals surface area contributed by atoms with Gasteiger partial charge in [-0.05, 0) is 13.8 Å². The molecule has 0 aliphatic rings. The van der Waals surface area contributed by atoms with Crippen molar-refractivity contribution in [2.24, 2.45) is 0 Å². The van der Waals surface area contributed by atoms with Crippen LogP contribution in [0.3, 0.4) is 0 Å². The van der Waals surface area contributed by atoms with E-state index in [4.69, 9.17) is 14.2 Å². The summed E-state index contributed by atoms with van der Waals surface area (Å²) in [7, 11) is 0. The Hall–Kier alpha value is -1.13. The van der Waals surface area contributed by atoms with Gasteiger partial charge in [-0.15, -0.1) is 6.58 Å². The quantitative estimate of drug-likeness (QED) is 0.203. The molecule has 0 saturated heterocycles. The monoisotopic (exact) mass is 214 g/mol. The third-order valence-corrected chi connectivity index (χ3v) is 1.43. The zero-order valence-electron chi connectivity index (χ0n) is 9.32. The van der Waals surface area contributed by atoms with Crippen molar-refractivity contribution < 1.29 is 19.0 Å².